The van der Waals surface area contributed by atoms with E-state index >= 15 is 0 Å². The number of rotatable bonds is 4. The van der Waals surface area contributed by atoms with Gasteiger partial charge < -0.3 is 4.74 Å². The van der Waals surface area contributed by atoms with Crippen molar-refractivity contribution in [2.24, 2.45) is 17.8 Å². The molecule has 1 saturated carbocycles. The highest BCUT2D eigenvalue weighted by molar-refractivity contribution is 6.16. The van der Waals surface area contributed by atoms with Gasteiger partial charge in [0.05, 0.1) is 11.6 Å². The minimum absolute atomic E-state index is 0.264. The standard InChI is InChI=1S/C15H23ClN2O/c1-10(2)13-6-4-11(3)8-14(13)19-15-7-5-12(9-16)17-18-15/h5,7,10-11,13-14H,4,6,8-9H2,1-3H3. The Kier molecular flexibility index (Phi) is 5.03. The maximum absolute atomic E-state index is 6.08. The van der Waals surface area contributed by atoms with Crippen molar-refractivity contribution in [3.05, 3.63) is 17.8 Å². The van der Waals surface area contributed by atoms with Gasteiger partial charge in [0.2, 0.25) is 5.88 Å². The largest absolute Gasteiger partial charge is 0.473 e. The monoisotopic (exact) mass is 282 g/mol. The fourth-order valence-electron chi connectivity index (χ4n) is 2.89. The summed E-state index contributed by atoms with van der Waals surface area (Å²) in [5.74, 6) is 3.01. The summed E-state index contributed by atoms with van der Waals surface area (Å²) < 4.78 is 6.08. The zero-order valence-electron chi connectivity index (χ0n) is 12.0. The molecular formula is C15H23ClN2O. The molecule has 0 bridgehead atoms. The second-order valence-electron chi connectivity index (χ2n) is 5.98. The lowest BCUT2D eigenvalue weighted by molar-refractivity contribution is 0.0419. The Hall–Kier alpha value is -0.830. The number of halogens is 1. The summed E-state index contributed by atoms with van der Waals surface area (Å²) in [5, 5.41) is 8.15. The van der Waals surface area contributed by atoms with Crippen molar-refractivity contribution < 1.29 is 4.74 Å². The Bertz CT molecular complexity index is 394. The van der Waals surface area contributed by atoms with Crippen LogP contribution in [0.5, 0.6) is 5.88 Å². The van der Waals surface area contributed by atoms with Gasteiger partial charge in [-0.1, -0.05) is 27.2 Å². The van der Waals surface area contributed by atoms with E-state index in [1.807, 2.05) is 12.1 Å². The molecule has 0 aliphatic heterocycles. The van der Waals surface area contributed by atoms with Crippen LogP contribution >= 0.6 is 11.6 Å². The fourth-order valence-corrected chi connectivity index (χ4v) is 3.03. The molecule has 0 saturated heterocycles. The molecule has 0 spiro atoms. The van der Waals surface area contributed by atoms with E-state index in [1.54, 1.807) is 0 Å². The topological polar surface area (TPSA) is 35.0 Å². The van der Waals surface area contributed by atoms with Crippen molar-refractivity contribution in [1.82, 2.24) is 10.2 Å². The van der Waals surface area contributed by atoms with Crippen molar-refractivity contribution in [3.63, 3.8) is 0 Å². The van der Waals surface area contributed by atoms with Crippen LogP contribution in [-0.4, -0.2) is 16.3 Å². The minimum atomic E-state index is 0.264. The first-order chi connectivity index (χ1) is 9.10. The lowest BCUT2D eigenvalue weighted by Gasteiger charge is -2.36. The SMILES string of the molecule is CC1CCC(C(C)C)C(Oc2ccc(CCl)nn2)C1. The van der Waals surface area contributed by atoms with Gasteiger partial charge in [0, 0.05) is 6.07 Å². The van der Waals surface area contributed by atoms with E-state index in [4.69, 9.17) is 16.3 Å². The quantitative estimate of drug-likeness (QED) is 0.781. The van der Waals surface area contributed by atoms with Crippen molar-refractivity contribution in [2.45, 2.75) is 52.0 Å². The van der Waals surface area contributed by atoms with Gasteiger partial charge in [-0.15, -0.1) is 16.7 Å². The first kappa shape index (κ1) is 14.6. The zero-order valence-corrected chi connectivity index (χ0v) is 12.7. The highest BCUT2D eigenvalue weighted by Gasteiger charge is 2.32. The van der Waals surface area contributed by atoms with Crippen molar-refractivity contribution in [1.29, 1.82) is 0 Å². The van der Waals surface area contributed by atoms with Gasteiger partial charge >= 0.3 is 0 Å². The summed E-state index contributed by atoms with van der Waals surface area (Å²) in [6, 6.07) is 3.76. The Morgan fingerprint density at radius 1 is 1.32 bits per heavy atom. The summed E-state index contributed by atoms with van der Waals surface area (Å²) in [4.78, 5) is 0. The lowest BCUT2D eigenvalue weighted by atomic mass is 9.75. The van der Waals surface area contributed by atoms with Gasteiger partial charge in [0.15, 0.2) is 0 Å². The zero-order chi connectivity index (χ0) is 13.8. The van der Waals surface area contributed by atoms with Gasteiger partial charge in [-0.3, -0.25) is 0 Å². The Morgan fingerprint density at radius 2 is 2.11 bits per heavy atom. The number of nitrogens with zero attached hydrogens (tertiary/aromatic N) is 2. The molecule has 4 heteroatoms. The molecule has 0 aromatic carbocycles. The van der Waals surface area contributed by atoms with Crippen LogP contribution in [0.1, 0.15) is 45.7 Å². The molecule has 3 unspecified atom stereocenters. The van der Waals surface area contributed by atoms with Gasteiger partial charge in [-0.05, 0) is 36.7 Å². The molecule has 3 atom stereocenters. The van der Waals surface area contributed by atoms with Crippen LogP contribution in [0.2, 0.25) is 0 Å². The van der Waals surface area contributed by atoms with Gasteiger partial charge in [-0.2, -0.15) is 5.10 Å². The third kappa shape index (κ3) is 3.82. The molecule has 1 aromatic rings. The van der Waals surface area contributed by atoms with Crippen LogP contribution < -0.4 is 4.74 Å². The molecule has 2 rings (SSSR count). The second kappa shape index (κ2) is 6.56. The molecule has 1 aromatic heterocycles. The molecule has 0 amide bonds. The van der Waals surface area contributed by atoms with E-state index in [0.717, 1.165) is 18.0 Å². The second-order valence-corrected chi connectivity index (χ2v) is 6.25. The normalized spacial score (nSPS) is 27.5. The van der Waals surface area contributed by atoms with Crippen LogP contribution in [0.4, 0.5) is 0 Å². The highest BCUT2D eigenvalue weighted by Crippen LogP contribution is 2.35. The Balaban J connectivity index is 2.05. The predicted octanol–water partition coefficient (Wildman–Crippen LogP) is 4.06. The third-order valence-corrected chi connectivity index (χ3v) is 4.34. The molecule has 1 heterocycles. The van der Waals surface area contributed by atoms with Crippen LogP contribution in [0.15, 0.2) is 12.1 Å². The van der Waals surface area contributed by atoms with E-state index < -0.39 is 0 Å². The van der Waals surface area contributed by atoms with Gasteiger partial charge in [-0.25, -0.2) is 0 Å². The molecule has 3 nitrogen and oxygen atoms in total. The van der Waals surface area contributed by atoms with Crippen LogP contribution in [0.3, 0.4) is 0 Å². The molecule has 19 heavy (non-hydrogen) atoms. The average Bonchev–Trinajstić information content (AvgIpc) is 2.39. The van der Waals surface area contributed by atoms with Crippen LogP contribution in [0.25, 0.3) is 0 Å². The molecule has 1 fully saturated rings. The van der Waals surface area contributed by atoms with E-state index in [9.17, 15) is 0 Å². The molecule has 106 valence electrons. The molecule has 1 aliphatic rings. The summed E-state index contributed by atoms with van der Waals surface area (Å²) in [7, 11) is 0. The Labute approximate surface area is 120 Å². The van der Waals surface area contributed by atoms with Gasteiger partial charge in [0.25, 0.3) is 0 Å². The molecule has 1 aliphatic carbocycles. The predicted molar refractivity (Wildman–Crippen MR) is 77.3 cm³/mol. The number of aromatic nitrogens is 2. The van der Waals surface area contributed by atoms with Crippen LogP contribution in [-0.2, 0) is 5.88 Å². The highest BCUT2D eigenvalue weighted by atomic mass is 35.5. The lowest BCUT2D eigenvalue weighted by Crippen LogP contribution is -2.36. The fraction of sp³-hybridized carbons (Fsp3) is 0.733. The number of hydrogen-bond acceptors (Lipinski definition) is 3. The average molecular weight is 283 g/mol. The maximum Gasteiger partial charge on any atom is 0.233 e. The molecular weight excluding hydrogens is 260 g/mol. The summed E-state index contributed by atoms with van der Waals surface area (Å²) in [6.07, 6.45) is 3.93. The molecule has 0 N–H and O–H groups in total. The van der Waals surface area contributed by atoms with Gasteiger partial charge in [0.1, 0.15) is 6.10 Å². The Morgan fingerprint density at radius 3 is 2.68 bits per heavy atom. The third-order valence-electron chi connectivity index (χ3n) is 4.07. The molecule has 0 radical (unpaired) electrons. The van der Waals surface area contributed by atoms with E-state index in [-0.39, 0.29) is 6.10 Å². The van der Waals surface area contributed by atoms with Crippen molar-refractivity contribution >= 4 is 11.6 Å². The van der Waals surface area contributed by atoms with E-state index in [0.29, 0.717) is 23.6 Å². The summed E-state index contributed by atoms with van der Waals surface area (Å²) in [6.45, 7) is 6.85. The first-order valence-corrected chi connectivity index (χ1v) is 7.68. The van der Waals surface area contributed by atoms with Crippen molar-refractivity contribution in [3.8, 4) is 5.88 Å². The van der Waals surface area contributed by atoms with E-state index in [2.05, 4.69) is 31.0 Å². The van der Waals surface area contributed by atoms with E-state index in [1.165, 1.54) is 12.8 Å². The number of hydrogen-bond donors (Lipinski definition) is 0. The number of ether oxygens (including phenoxy) is 1. The smallest absolute Gasteiger partial charge is 0.233 e. The maximum atomic E-state index is 6.08. The summed E-state index contributed by atoms with van der Waals surface area (Å²) >= 11 is 5.71. The minimum Gasteiger partial charge on any atom is -0.473 e. The summed E-state index contributed by atoms with van der Waals surface area (Å²) in [5.41, 5.74) is 0.784. The number of alkyl halides is 1. The van der Waals surface area contributed by atoms with Crippen molar-refractivity contribution in [2.75, 3.05) is 0 Å². The first-order valence-electron chi connectivity index (χ1n) is 7.15. The van der Waals surface area contributed by atoms with Crippen LogP contribution in [0, 0.1) is 17.8 Å².